The van der Waals surface area contributed by atoms with Crippen molar-refractivity contribution in [3.8, 4) is 11.6 Å². The Labute approximate surface area is 167 Å². The van der Waals surface area contributed by atoms with Gasteiger partial charge in [0.1, 0.15) is 11.6 Å². The molecule has 0 radical (unpaired) electrons. The van der Waals surface area contributed by atoms with Crippen molar-refractivity contribution in [2.45, 2.75) is 13.1 Å². The molecule has 0 fully saturated rings. The average Bonchev–Trinajstić information content (AvgIpc) is 3.11. The van der Waals surface area contributed by atoms with Crippen molar-refractivity contribution in [3.05, 3.63) is 71.8 Å². The quantitative estimate of drug-likeness (QED) is 0.506. The van der Waals surface area contributed by atoms with Crippen molar-refractivity contribution in [3.63, 3.8) is 0 Å². The van der Waals surface area contributed by atoms with Crippen molar-refractivity contribution in [1.29, 1.82) is 0 Å². The number of nitrogens with zero attached hydrogens (tertiary/aromatic N) is 3. The molecule has 30 heavy (non-hydrogen) atoms. The summed E-state index contributed by atoms with van der Waals surface area (Å²) in [6.45, 7) is 1.72. The number of rotatable bonds is 4. The summed E-state index contributed by atoms with van der Waals surface area (Å²) in [6.07, 6.45) is -2.96. The lowest BCUT2D eigenvalue weighted by Gasteiger charge is -2.09. The molecule has 1 N–H and O–H groups in total. The van der Waals surface area contributed by atoms with Crippen LogP contribution in [0.1, 0.15) is 21.9 Å². The number of carbonyl (C=O) groups excluding carboxylic acids is 1. The second-order valence-electron chi connectivity index (χ2n) is 6.27. The van der Waals surface area contributed by atoms with Gasteiger partial charge < -0.3 is 14.6 Å². The standard InChI is InChI=1S/C20H13F3N4O3/c1-11-24-8-7-17(25-11)29-14-5-6-15-16(10-14)30-27-18(15)19(28)26-13-4-2-3-12(9-13)20(21,22)23/h2-10H,1H3,(H,26,28). The highest BCUT2D eigenvalue weighted by Crippen LogP contribution is 2.31. The molecule has 2 aromatic carbocycles. The molecule has 4 rings (SSSR count). The zero-order chi connectivity index (χ0) is 21.3. The third kappa shape index (κ3) is 4.07. The summed E-state index contributed by atoms with van der Waals surface area (Å²) in [6, 6.07) is 10.6. The van der Waals surface area contributed by atoms with E-state index in [1.54, 1.807) is 31.3 Å². The molecule has 4 aromatic rings. The molecule has 0 bridgehead atoms. The molecule has 2 heterocycles. The van der Waals surface area contributed by atoms with Gasteiger partial charge in [-0.25, -0.2) is 4.98 Å². The van der Waals surface area contributed by atoms with Gasteiger partial charge >= 0.3 is 6.18 Å². The Kier molecular flexibility index (Phi) is 4.82. The first-order chi connectivity index (χ1) is 14.3. The number of carbonyl (C=O) groups is 1. The topological polar surface area (TPSA) is 90.1 Å². The second-order valence-corrected chi connectivity index (χ2v) is 6.27. The Morgan fingerprint density at radius 2 is 1.97 bits per heavy atom. The first-order valence-corrected chi connectivity index (χ1v) is 8.65. The van der Waals surface area contributed by atoms with E-state index >= 15 is 0 Å². The van der Waals surface area contributed by atoms with Crippen LogP contribution in [-0.2, 0) is 6.18 Å². The summed E-state index contributed by atoms with van der Waals surface area (Å²) in [5, 5.41) is 6.51. The summed E-state index contributed by atoms with van der Waals surface area (Å²) in [5.74, 6) is 0.584. The molecule has 10 heteroatoms. The molecular weight excluding hydrogens is 401 g/mol. The van der Waals surface area contributed by atoms with Crippen LogP contribution in [0.4, 0.5) is 18.9 Å². The fourth-order valence-electron chi connectivity index (χ4n) is 2.72. The lowest BCUT2D eigenvalue weighted by molar-refractivity contribution is -0.137. The van der Waals surface area contributed by atoms with Crippen LogP contribution in [0, 0.1) is 6.92 Å². The predicted molar refractivity (Wildman–Crippen MR) is 100 cm³/mol. The van der Waals surface area contributed by atoms with Crippen LogP contribution in [-0.4, -0.2) is 21.0 Å². The van der Waals surface area contributed by atoms with Gasteiger partial charge in [-0.1, -0.05) is 11.2 Å². The summed E-state index contributed by atoms with van der Waals surface area (Å²) in [5.41, 5.74) is -0.670. The minimum atomic E-state index is -4.51. The summed E-state index contributed by atoms with van der Waals surface area (Å²) >= 11 is 0. The molecule has 0 aliphatic rings. The lowest BCUT2D eigenvalue weighted by Crippen LogP contribution is -2.13. The van der Waals surface area contributed by atoms with Crippen LogP contribution in [0.3, 0.4) is 0 Å². The molecule has 0 saturated heterocycles. The zero-order valence-electron chi connectivity index (χ0n) is 15.4. The third-order valence-corrected chi connectivity index (χ3v) is 4.08. The number of anilines is 1. The maximum absolute atomic E-state index is 12.8. The van der Waals surface area contributed by atoms with Gasteiger partial charge in [-0.05, 0) is 37.3 Å². The highest BCUT2D eigenvalue weighted by atomic mass is 19.4. The van der Waals surface area contributed by atoms with Gasteiger partial charge in [0.2, 0.25) is 5.88 Å². The Bertz CT molecular complexity index is 1240. The van der Waals surface area contributed by atoms with Crippen LogP contribution in [0.15, 0.2) is 59.3 Å². The molecule has 0 atom stereocenters. The van der Waals surface area contributed by atoms with Crippen LogP contribution < -0.4 is 10.1 Å². The first-order valence-electron chi connectivity index (χ1n) is 8.65. The average molecular weight is 414 g/mol. The number of aryl methyl sites for hydroxylation is 1. The number of alkyl halides is 3. The number of amides is 1. The zero-order valence-corrected chi connectivity index (χ0v) is 15.4. The maximum Gasteiger partial charge on any atom is 0.416 e. The van der Waals surface area contributed by atoms with E-state index < -0.39 is 17.6 Å². The van der Waals surface area contributed by atoms with Crippen LogP contribution in [0.25, 0.3) is 11.0 Å². The van der Waals surface area contributed by atoms with Crippen LogP contribution >= 0.6 is 0 Å². The minimum absolute atomic E-state index is 0.00920. The number of hydrogen-bond donors (Lipinski definition) is 1. The summed E-state index contributed by atoms with van der Waals surface area (Å²) in [4.78, 5) is 20.6. The fourth-order valence-corrected chi connectivity index (χ4v) is 2.72. The Morgan fingerprint density at radius 3 is 2.73 bits per heavy atom. The Balaban J connectivity index is 1.55. The number of nitrogens with one attached hydrogen (secondary N) is 1. The summed E-state index contributed by atoms with van der Waals surface area (Å²) < 4.78 is 49.3. The van der Waals surface area contributed by atoms with E-state index in [4.69, 9.17) is 9.26 Å². The number of fused-ring (bicyclic) bond motifs is 1. The SMILES string of the molecule is Cc1nccc(Oc2ccc3c(C(=O)Nc4cccc(C(F)(F)F)c4)noc3c2)n1. The summed E-state index contributed by atoms with van der Waals surface area (Å²) in [7, 11) is 0. The smallest absolute Gasteiger partial charge is 0.416 e. The van der Waals surface area contributed by atoms with Gasteiger partial charge in [-0.3, -0.25) is 4.79 Å². The van der Waals surface area contributed by atoms with Gasteiger partial charge in [-0.15, -0.1) is 0 Å². The number of aromatic nitrogens is 3. The first kappa shape index (κ1) is 19.4. The predicted octanol–water partition coefficient (Wildman–Crippen LogP) is 4.99. The normalized spacial score (nSPS) is 11.5. The molecule has 0 aliphatic carbocycles. The van der Waals surface area contributed by atoms with Crippen molar-refractivity contribution in [1.82, 2.24) is 15.1 Å². The third-order valence-electron chi connectivity index (χ3n) is 4.08. The van der Waals surface area contributed by atoms with E-state index in [-0.39, 0.29) is 17.0 Å². The molecule has 2 aromatic heterocycles. The number of ether oxygens (including phenoxy) is 1. The molecule has 152 valence electrons. The van der Waals surface area contributed by atoms with Gasteiger partial charge in [0.15, 0.2) is 11.3 Å². The number of hydrogen-bond acceptors (Lipinski definition) is 6. The number of halogens is 3. The maximum atomic E-state index is 12.8. The largest absolute Gasteiger partial charge is 0.439 e. The molecule has 0 saturated carbocycles. The molecule has 0 spiro atoms. The van der Waals surface area contributed by atoms with Gasteiger partial charge in [0, 0.05) is 24.0 Å². The van der Waals surface area contributed by atoms with E-state index in [1.807, 2.05) is 0 Å². The van der Waals surface area contributed by atoms with Crippen molar-refractivity contribution in [2.75, 3.05) is 5.32 Å². The van der Waals surface area contributed by atoms with Crippen molar-refractivity contribution < 1.29 is 27.2 Å². The lowest BCUT2D eigenvalue weighted by atomic mass is 10.1. The Hall–Kier alpha value is -3.95. The van der Waals surface area contributed by atoms with Crippen molar-refractivity contribution in [2.24, 2.45) is 0 Å². The second kappa shape index (κ2) is 7.47. The number of benzene rings is 2. The van der Waals surface area contributed by atoms with E-state index in [9.17, 15) is 18.0 Å². The molecule has 1 amide bonds. The monoisotopic (exact) mass is 414 g/mol. The van der Waals surface area contributed by atoms with Crippen molar-refractivity contribution >= 4 is 22.6 Å². The van der Waals surface area contributed by atoms with Crippen LogP contribution in [0.2, 0.25) is 0 Å². The van der Waals surface area contributed by atoms with Gasteiger partial charge in [0.25, 0.3) is 5.91 Å². The van der Waals surface area contributed by atoms with Gasteiger partial charge in [0.05, 0.1) is 10.9 Å². The van der Waals surface area contributed by atoms with Gasteiger partial charge in [-0.2, -0.15) is 18.2 Å². The molecule has 7 nitrogen and oxygen atoms in total. The molecule has 0 aliphatic heterocycles. The minimum Gasteiger partial charge on any atom is -0.439 e. The Morgan fingerprint density at radius 1 is 1.13 bits per heavy atom. The highest BCUT2D eigenvalue weighted by Gasteiger charge is 2.30. The molecular formula is C20H13F3N4O3. The van der Waals surface area contributed by atoms with E-state index in [0.717, 1.165) is 12.1 Å². The highest BCUT2D eigenvalue weighted by molar-refractivity contribution is 6.10. The van der Waals surface area contributed by atoms with Crippen LogP contribution in [0.5, 0.6) is 11.6 Å². The fraction of sp³-hybridized carbons (Fsp3) is 0.100. The van der Waals surface area contributed by atoms with E-state index in [0.29, 0.717) is 22.8 Å². The van der Waals surface area contributed by atoms with E-state index in [2.05, 4.69) is 20.4 Å². The molecule has 0 unspecified atom stereocenters. The van der Waals surface area contributed by atoms with E-state index in [1.165, 1.54) is 18.2 Å².